The lowest BCUT2D eigenvalue weighted by molar-refractivity contribution is -0.155. The van der Waals surface area contributed by atoms with Crippen molar-refractivity contribution in [1.82, 2.24) is 9.88 Å². The number of anilines is 1. The first-order valence-electron chi connectivity index (χ1n) is 16.2. The molecule has 2 heterocycles. The summed E-state index contributed by atoms with van der Waals surface area (Å²) in [6, 6.07) is 4.73. The zero-order chi connectivity index (χ0) is 40.4. The molecule has 0 bridgehead atoms. The fourth-order valence-corrected chi connectivity index (χ4v) is 6.54. The molecular weight excluding hydrogens is 715 g/mol. The van der Waals surface area contributed by atoms with Crippen molar-refractivity contribution in [2.45, 2.75) is 90.7 Å². The van der Waals surface area contributed by atoms with Crippen molar-refractivity contribution in [3.8, 4) is 11.1 Å². The SMILES string of the molecule is Cc1cc(F)ccc1-c1cc(C2C(C)N(C(=O)OC(C)(C)C)C(=O)C2(C)C(=O)O)ncc1N(C)C(=O)C(C)(C)c1cc(C(F)(F)F)cc(C(F)(F)F)c1. The predicted octanol–water partition coefficient (Wildman–Crippen LogP) is 8.51. The third-order valence-electron chi connectivity index (χ3n) is 9.42. The van der Waals surface area contributed by atoms with Crippen LogP contribution in [0.2, 0.25) is 0 Å². The van der Waals surface area contributed by atoms with Crippen molar-refractivity contribution < 1.29 is 59.8 Å². The molecule has 3 atom stereocenters. The Morgan fingerprint density at radius 2 is 1.42 bits per heavy atom. The van der Waals surface area contributed by atoms with E-state index in [0.717, 1.165) is 37.9 Å². The molecule has 3 unspecified atom stereocenters. The van der Waals surface area contributed by atoms with Crippen LogP contribution in [-0.2, 0) is 36.9 Å². The number of amides is 3. The number of alkyl halides is 6. The van der Waals surface area contributed by atoms with Crippen LogP contribution in [0.3, 0.4) is 0 Å². The first-order valence-corrected chi connectivity index (χ1v) is 16.2. The average Bonchev–Trinajstić information content (AvgIpc) is 3.23. The van der Waals surface area contributed by atoms with E-state index in [1.807, 2.05) is 0 Å². The molecule has 4 rings (SSSR count). The highest BCUT2D eigenvalue weighted by Crippen LogP contribution is 2.50. The molecule has 1 aromatic heterocycles. The molecule has 1 N–H and O–H groups in total. The Bertz CT molecular complexity index is 1950. The van der Waals surface area contributed by atoms with E-state index >= 15 is 0 Å². The predicted molar refractivity (Wildman–Crippen MR) is 178 cm³/mol. The van der Waals surface area contributed by atoms with Gasteiger partial charge in [-0.1, -0.05) is 6.07 Å². The van der Waals surface area contributed by atoms with Crippen molar-refractivity contribution in [3.05, 3.63) is 82.4 Å². The van der Waals surface area contributed by atoms with Gasteiger partial charge in [0.2, 0.25) is 11.8 Å². The first-order chi connectivity index (χ1) is 24.0. The molecule has 53 heavy (non-hydrogen) atoms. The van der Waals surface area contributed by atoms with Gasteiger partial charge in [-0.3, -0.25) is 19.4 Å². The number of hydrogen-bond donors (Lipinski definition) is 1. The fraction of sp³-hybridized carbons (Fsp3) is 0.432. The quantitative estimate of drug-likeness (QED) is 0.198. The van der Waals surface area contributed by atoms with Gasteiger partial charge < -0.3 is 14.7 Å². The maximum atomic E-state index is 14.3. The van der Waals surface area contributed by atoms with Crippen molar-refractivity contribution in [2.24, 2.45) is 5.41 Å². The number of ether oxygens (including phenoxy) is 1. The molecule has 0 aliphatic carbocycles. The number of carbonyl (C=O) groups excluding carboxylic acids is 3. The van der Waals surface area contributed by atoms with Crippen LogP contribution in [-0.4, -0.2) is 57.6 Å². The normalized spacial score (nSPS) is 19.7. The number of nitrogens with zero attached hydrogens (tertiary/aromatic N) is 3. The molecule has 0 radical (unpaired) electrons. The molecule has 0 spiro atoms. The van der Waals surface area contributed by atoms with Gasteiger partial charge in [0.1, 0.15) is 11.4 Å². The lowest BCUT2D eigenvalue weighted by Gasteiger charge is -2.32. The van der Waals surface area contributed by atoms with E-state index in [-0.39, 0.29) is 23.0 Å². The summed E-state index contributed by atoms with van der Waals surface area (Å²) < 4.78 is 102. The van der Waals surface area contributed by atoms with Crippen molar-refractivity contribution in [3.63, 3.8) is 0 Å². The average molecular weight is 754 g/mol. The van der Waals surface area contributed by atoms with E-state index in [9.17, 15) is 55.0 Å². The monoisotopic (exact) mass is 753 g/mol. The number of aromatic nitrogens is 1. The van der Waals surface area contributed by atoms with Crippen LogP contribution >= 0.6 is 0 Å². The van der Waals surface area contributed by atoms with Crippen molar-refractivity contribution in [1.29, 1.82) is 0 Å². The zero-order valence-electron chi connectivity index (χ0n) is 30.2. The third-order valence-corrected chi connectivity index (χ3v) is 9.42. The fourth-order valence-electron chi connectivity index (χ4n) is 6.54. The van der Waals surface area contributed by atoms with Gasteiger partial charge in [-0.15, -0.1) is 0 Å². The summed E-state index contributed by atoms with van der Waals surface area (Å²) in [6.07, 6.45) is -10.3. The van der Waals surface area contributed by atoms with Crippen molar-refractivity contribution in [2.75, 3.05) is 11.9 Å². The Kier molecular flexibility index (Phi) is 10.3. The number of halogens is 7. The molecule has 1 aliphatic heterocycles. The largest absolute Gasteiger partial charge is 0.480 e. The highest BCUT2D eigenvalue weighted by atomic mass is 19.4. The highest BCUT2D eigenvalue weighted by Gasteiger charge is 2.63. The van der Waals surface area contributed by atoms with E-state index < -0.39 is 87.1 Å². The molecule has 9 nitrogen and oxygen atoms in total. The molecule has 16 heteroatoms. The Morgan fingerprint density at radius 3 is 1.89 bits per heavy atom. The minimum Gasteiger partial charge on any atom is -0.480 e. The van der Waals surface area contributed by atoms with Gasteiger partial charge in [0.15, 0.2) is 5.41 Å². The molecule has 286 valence electrons. The molecule has 1 saturated heterocycles. The minimum absolute atomic E-state index is 0.0305. The number of imide groups is 1. The van der Waals surface area contributed by atoms with Crippen LogP contribution < -0.4 is 4.90 Å². The lowest BCUT2D eigenvalue weighted by atomic mass is 9.74. The smallest absolute Gasteiger partial charge is 0.417 e. The van der Waals surface area contributed by atoms with Gasteiger partial charge in [0.25, 0.3) is 0 Å². The van der Waals surface area contributed by atoms with Crippen LogP contribution in [0, 0.1) is 18.2 Å². The van der Waals surface area contributed by atoms with E-state index in [1.54, 1.807) is 20.8 Å². The number of rotatable bonds is 6. The number of hydrogen-bond acceptors (Lipinski definition) is 6. The molecule has 2 aromatic carbocycles. The van der Waals surface area contributed by atoms with Crippen LogP contribution in [0.5, 0.6) is 0 Å². The summed E-state index contributed by atoms with van der Waals surface area (Å²) in [5.41, 5.74) is -8.45. The number of carbonyl (C=O) groups is 4. The van der Waals surface area contributed by atoms with Gasteiger partial charge in [-0.05, 0) is 108 Å². The van der Waals surface area contributed by atoms with E-state index in [0.29, 0.717) is 28.2 Å². The Hall–Kier alpha value is -5.02. The van der Waals surface area contributed by atoms with Gasteiger partial charge in [-0.2, -0.15) is 26.3 Å². The number of likely N-dealkylation sites (tertiary alicyclic amines) is 1. The summed E-state index contributed by atoms with van der Waals surface area (Å²) in [6.45, 7) is 11.1. The van der Waals surface area contributed by atoms with Gasteiger partial charge >= 0.3 is 24.4 Å². The number of aryl methyl sites for hydroxylation is 1. The van der Waals surface area contributed by atoms with Crippen LogP contribution in [0.1, 0.15) is 82.3 Å². The lowest BCUT2D eigenvalue weighted by Crippen LogP contribution is -2.44. The minimum atomic E-state index is -5.17. The van der Waals surface area contributed by atoms with E-state index in [2.05, 4.69) is 4.98 Å². The Labute approximate surface area is 300 Å². The number of aliphatic carboxylic acids is 1. The highest BCUT2D eigenvalue weighted by molar-refractivity contribution is 6.10. The van der Waals surface area contributed by atoms with Gasteiger partial charge in [0.05, 0.1) is 34.5 Å². The van der Waals surface area contributed by atoms with E-state index in [1.165, 1.54) is 39.1 Å². The van der Waals surface area contributed by atoms with Gasteiger partial charge in [-0.25, -0.2) is 14.1 Å². The molecule has 3 aromatic rings. The molecule has 1 aliphatic rings. The second kappa shape index (κ2) is 13.4. The van der Waals surface area contributed by atoms with Crippen molar-refractivity contribution >= 4 is 29.6 Å². The maximum absolute atomic E-state index is 14.3. The number of carboxylic acids is 1. The topological polar surface area (TPSA) is 117 Å². The van der Waals surface area contributed by atoms with Crippen LogP contribution in [0.25, 0.3) is 11.1 Å². The summed E-state index contributed by atoms with van der Waals surface area (Å²) in [7, 11) is 1.22. The Morgan fingerprint density at radius 1 is 0.887 bits per heavy atom. The number of benzene rings is 2. The first kappa shape index (κ1) is 40.7. The summed E-state index contributed by atoms with van der Waals surface area (Å²) in [5.74, 6) is -5.55. The second-order valence-electron chi connectivity index (χ2n) is 14.8. The summed E-state index contributed by atoms with van der Waals surface area (Å²) in [5, 5.41) is 10.4. The van der Waals surface area contributed by atoms with Gasteiger partial charge in [0, 0.05) is 24.2 Å². The number of carboxylic acid groups (broad SMARTS) is 1. The Balaban J connectivity index is 1.92. The molecular formula is C37H38F7N3O6. The standard InChI is InChI=1S/C37H38F7N3O6/c1-18-12-23(38)10-11-24(18)25-16-26(28-19(2)47(32(52)53-33(3,4)5)30(49)35(28,8)31(50)51)45-17-27(25)46(9)29(48)34(6,7)20-13-21(36(39,40)41)15-22(14-20)37(42,43)44/h10-17,19,28H,1-9H3,(H,50,51). The van der Waals surface area contributed by atoms with Crippen LogP contribution in [0.4, 0.5) is 41.2 Å². The summed E-state index contributed by atoms with van der Waals surface area (Å²) in [4.78, 5) is 59.9. The number of pyridine rings is 1. The molecule has 0 saturated carbocycles. The summed E-state index contributed by atoms with van der Waals surface area (Å²) >= 11 is 0. The third kappa shape index (κ3) is 7.58. The van der Waals surface area contributed by atoms with Crippen LogP contribution in [0.15, 0.2) is 48.7 Å². The second-order valence-corrected chi connectivity index (χ2v) is 14.8. The zero-order valence-corrected chi connectivity index (χ0v) is 30.2. The van der Waals surface area contributed by atoms with E-state index in [4.69, 9.17) is 4.74 Å². The number of likely N-dealkylation sites (N-methyl/N-ethyl adjacent to an activating group) is 1. The maximum Gasteiger partial charge on any atom is 0.417 e. The molecule has 1 fully saturated rings. The molecule has 3 amide bonds.